The number of morpholine rings is 1. The highest BCUT2D eigenvalue weighted by molar-refractivity contribution is 5.89. The van der Waals surface area contributed by atoms with E-state index in [0.29, 0.717) is 19.6 Å². The molecule has 2 saturated heterocycles. The van der Waals surface area contributed by atoms with E-state index in [2.05, 4.69) is 0 Å². The van der Waals surface area contributed by atoms with Crippen LogP contribution < -0.4 is 0 Å². The first-order valence-electron chi connectivity index (χ1n) is 8.40. The van der Waals surface area contributed by atoms with E-state index in [1.54, 1.807) is 4.90 Å². The van der Waals surface area contributed by atoms with E-state index in [1.807, 2.05) is 31.2 Å². The lowest BCUT2D eigenvalue weighted by molar-refractivity contribution is -0.160. The van der Waals surface area contributed by atoms with Crippen molar-refractivity contribution >= 4 is 17.8 Å². The summed E-state index contributed by atoms with van der Waals surface area (Å²) in [5.41, 5.74) is 2.19. The third-order valence-corrected chi connectivity index (χ3v) is 4.71. The Hall–Kier alpha value is -2.41. The molecule has 1 aromatic carbocycles. The van der Waals surface area contributed by atoms with E-state index in [-0.39, 0.29) is 31.4 Å². The molecule has 7 heteroatoms. The molecule has 1 aromatic rings. The monoisotopic (exact) mass is 346 g/mol. The van der Waals surface area contributed by atoms with Gasteiger partial charge in [0.05, 0.1) is 19.1 Å². The molecule has 2 atom stereocenters. The molecule has 0 saturated carbocycles. The number of aryl methyl sites for hydroxylation is 1. The number of aliphatic carboxylic acids is 1. The number of hydrogen-bond donors (Lipinski definition) is 1. The largest absolute Gasteiger partial charge is 0.479 e. The summed E-state index contributed by atoms with van der Waals surface area (Å²) in [6.07, 6.45) is -0.807. The molecule has 2 amide bonds. The zero-order chi connectivity index (χ0) is 18.0. The van der Waals surface area contributed by atoms with E-state index in [9.17, 15) is 14.4 Å². The molecule has 0 radical (unpaired) electrons. The first kappa shape index (κ1) is 17.4. The van der Waals surface area contributed by atoms with Gasteiger partial charge in [-0.3, -0.25) is 9.59 Å². The van der Waals surface area contributed by atoms with E-state index >= 15 is 0 Å². The number of carbonyl (C=O) groups excluding carboxylic acids is 2. The van der Waals surface area contributed by atoms with E-state index in [0.717, 1.165) is 11.1 Å². The van der Waals surface area contributed by atoms with Crippen LogP contribution in [0.5, 0.6) is 0 Å². The summed E-state index contributed by atoms with van der Waals surface area (Å²) in [5.74, 6) is -1.68. The van der Waals surface area contributed by atoms with Gasteiger partial charge in [-0.2, -0.15) is 0 Å². The average Bonchev–Trinajstić information content (AvgIpc) is 2.97. The molecule has 2 heterocycles. The molecule has 2 aliphatic rings. The number of carboxylic acids is 1. The number of rotatable bonds is 4. The molecular formula is C18H22N2O5. The second-order valence-corrected chi connectivity index (χ2v) is 6.64. The summed E-state index contributed by atoms with van der Waals surface area (Å²) in [7, 11) is 0. The van der Waals surface area contributed by atoms with Crippen LogP contribution in [-0.4, -0.2) is 65.0 Å². The van der Waals surface area contributed by atoms with Gasteiger partial charge in [-0.25, -0.2) is 4.79 Å². The van der Waals surface area contributed by atoms with Gasteiger partial charge in [0, 0.05) is 26.1 Å². The van der Waals surface area contributed by atoms with Crippen molar-refractivity contribution in [2.24, 2.45) is 5.92 Å². The number of nitrogens with zero attached hydrogens (tertiary/aromatic N) is 2. The molecule has 1 N–H and O–H groups in total. The van der Waals surface area contributed by atoms with Crippen LogP contribution in [0.25, 0.3) is 0 Å². The average molecular weight is 346 g/mol. The maximum Gasteiger partial charge on any atom is 0.334 e. The summed E-state index contributed by atoms with van der Waals surface area (Å²) >= 11 is 0. The Morgan fingerprint density at radius 1 is 1.24 bits per heavy atom. The molecule has 3 rings (SSSR count). The third-order valence-electron chi connectivity index (χ3n) is 4.71. The fourth-order valence-electron chi connectivity index (χ4n) is 3.26. The van der Waals surface area contributed by atoms with Crippen LogP contribution in [0, 0.1) is 12.8 Å². The minimum atomic E-state index is -1.07. The van der Waals surface area contributed by atoms with Crippen molar-refractivity contribution in [3.05, 3.63) is 35.4 Å². The van der Waals surface area contributed by atoms with Crippen molar-refractivity contribution in [3.63, 3.8) is 0 Å². The Kier molecular flexibility index (Phi) is 5.03. The van der Waals surface area contributed by atoms with Gasteiger partial charge in [0.15, 0.2) is 6.10 Å². The predicted molar refractivity (Wildman–Crippen MR) is 88.7 cm³/mol. The molecule has 2 fully saturated rings. The maximum atomic E-state index is 12.7. The lowest BCUT2D eigenvalue weighted by Gasteiger charge is -2.32. The summed E-state index contributed by atoms with van der Waals surface area (Å²) in [4.78, 5) is 39.2. The zero-order valence-corrected chi connectivity index (χ0v) is 14.2. The summed E-state index contributed by atoms with van der Waals surface area (Å²) in [5, 5.41) is 9.05. The van der Waals surface area contributed by atoms with E-state index < -0.39 is 18.0 Å². The van der Waals surface area contributed by atoms with Crippen LogP contribution in [0.4, 0.5) is 0 Å². The van der Waals surface area contributed by atoms with Crippen molar-refractivity contribution in [3.8, 4) is 0 Å². The third kappa shape index (κ3) is 3.99. The molecule has 0 aromatic heterocycles. The Labute approximate surface area is 146 Å². The van der Waals surface area contributed by atoms with Crippen molar-refractivity contribution < 1.29 is 24.2 Å². The lowest BCUT2D eigenvalue weighted by atomic mass is 10.1. The number of benzene rings is 1. The standard InChI is InChI=1S/C18H22N2O5/c1-12-2-4-13(5-3-12)9-20-10-14(8-16(20)21)17(22)19-6-7-25-15(11-19)18(23)24/h2-5,14-15H,6-11H2,1H3,(H,23,24). The number of carboxylic acid groups (broad SMARTS) is 1. The molecule has 25 heavy (non-hydrogen) atoms. The highest BCUT2D eigenvalue weighted by Gasteiger charge is 2.38. The first-order chi connectivity index (χ1) is 11.9. The first-order valence-corrected chi connectivity index (χ1v) is 8.40. The van der Waals surface area contributed by atoms with Crippen LogP contribution in [0.1, 0.15) is 17.5 Å². The van der Waals surface area contributed by atoms with Gasteiger partial charge in [-0.05, 0) is 12.5 Å². The second-order valence-electron chi connectivity index (χ2n) is 6.64. The van der Waals surface area contributed by atoms with E-state index in [1.165, 1.54) is 4.90 Å². The Morgan fingerprint density at radius 2 is 1.96 bits per heavy atom. The smallest absolute Gasteiger partial charge is 0.334 e. The van der Waals surface area contributed by atoms with Crippen LogP contribution >= 0.6 is 0 Å². The Morgan fingerprint density at radius 3 is 2.64 bits per heavy atom. The minimum absolute atomic E-state index is 0.0385. The topological polar surface area (TPSA) is 87.2 Å². The molecule has 134 valence electrons. The fourth-order valence-corrected chi connectivity index (χ4v) is 3.26. The van der Waals surface area contributed by atoms with Crippen LogP contribution in [0.2, 0.25) is 0 Å². The maximum absolute atomic E-state index is 12.7. The van der Waals surface area contributed by atoms with Crippen LogP contribution in [0.3, 0.4) is 0 Å². The van der Waals surface area contributed by atoms with Gasteiger partial charge in [0.1, 0.15) is 0 Å². The molecule has 2 aliphatic heterocycles. The lowest BCUT2D eigenvalue weighted by Crippen LogP contribution is -2.50. The van der Waals surface area contributed by atoms with Gasteiger partial charge in [-0.1, -0.05) is 29.8 Å². The summed E-state index contributed by atoms with van der Waals surface area (Å²) < 4.78 is 5.14. The predicted octanol–water partition coefficient (Wildman–Crippen LogP) is 0.656. The van der Waals surface area contributed by atoms with Gasteiger partial charge in [0.25, 0.3) is 0 Å². The van der Waals surface area contributed by atoms with Gasteiger partial charge < -0.3 is 19.6 Å². The SMILES string of the molecule is Cc1ccc(CN2CC(C(=O)N3CCOC(C(=O)O)C3)CC2=O)cc1. The molecule has 0 bridgehead atoms. The quantitative estimate of drug-likeness (QED) is 0.865. The van der Waals surface area contributed by atoms with Crippen molar-refractivity contribution in [2.75, 3.05) is 26.2 Å². The normalized spacial score (nSPS) is 23.8. The fraction of sp³-hybridized carbons (Fsp3) is 0.500. The molecule has 2 unspecified atom stereocenters. The molecule has 0 spiro atoms. The Bertz CT molecular complexity index is 673. The summed E-state index contributed by atoms with van der Waals surface area (Å²) in [6, 6.07) is 7.96. The van der Waals surface area contributed by atoms with Gasteiger partial charge >= 0.3 is 5.97 Å². The minimum Gasteiger partial charge on any atom is -0.479 e. The number of ether oxygens (including phenoxy) is 1. The highest BCUT2D eigenvalue weighted by atomic mass is 16.5. The zero-order valence-electron chi connectivity index (χ0n) is 14.2. The number of carbonyl (C=O) groups is 3. The van der Waals surface area contributed by atoms with Gasteiger partial charge in [0.2, 0.25) is 11.8 Å². The van der Waals surface area contributed by atoms with E-state index in [4.69, 9.17) is 9.84 Å². The second kappa shape index (κ2) is 7.23. The Balaban J connectivity index is 1.60. The van der Waals surface area contributed by atoms with Crippen LogP contribution in [-0.2, 0) is 25.7 Å². The summed E-state index contributed by atoms with van der Waals surface area (Å²) in [6.45, 7) is 3.48. The van der Waals surface area contributed by atoms with Crippen LogP contribution in [0.15, 0.2) is 24.3 Å². The highest BCUT2D eigenvalue weighted by Crippen LogP contribution is 2.23. The molecular weight excluding hydrogens is 324 g/mol. The number of amides is 2. The van der Waals surface area contributed by atoms with Gasteiger partial charge in [-0.15, -0.1) is 0 Å². The number of likely N-dealkylation sites (tertiary alicyclic amines) is 1. The van der Waals surface area contributed by atoms with Crippen molar-refractivity contribution in [1.29, 1.82) is 0 Å². The molecule has 7 nitrogen and oxygen atoms in total. The molecule has 0 aliphatic carbocycles. The van der Waals surface area contributed by atoms with Crippen molar-refractivity contribution in [2.45, 2.75) is 26.0 Å². The number of hydrogen-bond acceptors (Lipinski definition) is 4. The van der Waals surface area contributed by atoms with Crippen molar-refractivity contribution in [1.82, 2.24) is 9.80 Å².